The molecule has 1 heterocycles. The highest BCUT2D eigenvalue weighted by molar-refractivity contribution is 6.37. The lowest BCUT2D eigenvalue weighted by Gasteiger charge is -2.00. The second-order valence-electron chi connectivity index (χ2n) is 2.58. The molecule has 6 nitrogen and oxygen atoms in total. The van der Waals surface area contributed by atoms with E-state index in [4.69, 9.17) is 0 Å². The van der Waals surface area contributed by atoms with E-state index < -0.39 is 11.9 Å². The van der Waals surface area contributed by atoms with Crippen molar-refractivity contribution >= 4 is 17.6 Å². The van der Waals surface area contributed by atoms with E-state index >= 15 is 0 Å². The normalized spacial score (nSPS) is 9.57. The zero-order valence-corrected chi connectivity index (χ0v) is 7.98. The fraction of sp³-hybridized carbons (Fsp3) is 0.375. The van der Waals surface area contributed by atoms with E-state index in [2.05, 4.69) is 15.2 Å². The number of esters is 1. The molecule has 0 radical (unpaired) electrons. The Morgan fingerprint density at radius 3 is 2.86 bits per heavy atom. The molecule has 1 amide bonds. The van der Waals surface area contributed by atoms with Gasteiger partial charge in [0.2, 0.25) is 0 Å². The number of hydrogen-bond donors (Lipinski definition) is 1. The van der Waals surface area contributed by atoms with Crippen molar-refractivity contribution in [3.63, 3.8) is 0 Å². The van der Waals surface area contributed by atoms with Crippen LogP contribution in [0.25, 0.3) is 0 Å². The molecule has 0 aliphatic carbocycles. The number of nitrogens with zero attached hydrogens (tertiary/aromatic N) is 2. The molecule has 0 aromatic carbocycles. The van der Waals surface area contributed by atoms with Crippen molar-refractivity contribution in [2.45, 2.75) is 6.92 Å². The molecule has 0 atom stereocenters. The van der Waals surface area contributed by atoms with Crippen LogP contribution in [0.5, 0.6) is 0 Å². The molecule has 6 heteroatoms. The van der Waals surface area contributed by atoms with Crippen LogP contribution in [0.3, 0.4) is 0 Å². The van der Waals surface area contributed by atoms with Crippen LogP contribution in [0.2, 0.25) is 0 Å². The second kappa shape index (κ2) is 4.40. The molecule has 0 fully saturated rings. The molecule has 14 heavy (non-hydrogen) atoms. The molecule has 1 N–H and O–H groups in total. The lowest BCUT2D eigenvalue weighted by atomic mass is 10.5. The summed E-state index contributed by atoms with van der Waals surface area (Å²) in [4.78, 5) is 22.0. The van der Waals surface area contributed by atoms with Crippen molar-refractivity contribution in [2.24, 2.45) is 7.05 Å². The Morgan fingerprint density at radius 1 is 1.64 bits per heavy atom. The van der Waals surface area contributed by atoms with Crippen molar-refractivity contribution in [2.75, 3.05) is 11.9 Å². The van der Waals surface area contributed by atoms with E-state index in [1.807, 2.05) is 0 Å². The van der Waals surface area contributed by atoms with Crippen LogP contribution in [-0.4, -0.2) is 28.3 Å². The fourth-order valence-corrected chi connectivity index (χ4v) is 0.865. The molecule has 0 unspecified atom stereocenters. The standard InChI is InChI=1S/C8H11N3O3/c1-3-14-8(13)7(12)10-6-4-9-11(2)5-6/h4-5H,3H2,1-2H3,(H,10,12). The summed E-state index contributed by atoms with van der Waals surface area (Å²) in [5.41, 5.74) is 0.463. The van der Waals surface area contributed by atoms with Crippen molar-refractivity contribution in [1.82, 2.24) is 9.78 Å². The minimum Gasteiger partial charge on any atom is -0.459 e. The van der Waals surface area contributed by atoms with Gasteiger partial charge in [0.1, 0.15) is 0 Å². The molecule has 1 aromatic heterocycles. The fourth-order valence-electron chi connectivity index (χ4n) is 0.865. The molecular formula is C8H11N3O3. The average molecular weight is 197 g/mol. The van der Waals surface area contributed by atoms with E-state index in [1.54, 1.807) is 20.2 Å². The van der Waals surface area contributed by atoms with Crippen LogP contribution < -0.4 is 5.32 Å². The summed E-state index contributed by atoms with van der Waals surface area (Å²) in [5, 5.41) is 6.18. The van der Waals surface area contributed by atoms with Crippen molar-refractivity contribution in [3.05, 3.63) is 12.4 Å². The topological polar surface area (TPSA) is 73.2 Å². The summed E-state index contributed by atoms with van der Waals surface area (Å²) in [6.07, 6.45) is 3.02. The van der Waals surface area contributed by atoms with E-state index in [-0.39, 0.29) is 6.61 Å². The van der Waals surface area contributed by atoms with E-state index in [0.29, 0.717) is 5.69 Å². The molecule has 0 aliphatic heterocycles. The molecule has 0 saturated heterocycles. The van der Waals surface area contributed by atoms with Gasteiger partial charge in [-0.2, -0.15) is 5.10 Å². The maximum Gasteiger partial charge on any atom is 0.397 e. The largest absolute Gasteiger partial charge is 0.459 e. The Bertz CT molecular complexity index is 345. The van der Waals surface area contributed by atoms with Crippen LogP contribution in [0.15, 0.2) is 12.4 Å². The van der Waals surface area contributed by atoms with E-state index in [0.717, 1.165) is 0 Å². The van der Waals surface area contributed by atoms with Gasteiger partial charge < -0.3 is 10.1 Å². The molecule has 76 valence electrons. The number of rotatable bonds is 2. The van der Waals surface area contributed by atoms with Crippen LogP contribution in [0.1, 0.15) is 6.92 Å². The predicted octanol–water partition coefficient (Wildman–Crippen LogP) is -0.0783. The molecule has 0 bridgehead atoms. The summed E-state index contributed by atoms with van der Waals surface area (Å²) < 4.78 is 6.02. The van der Waals surface area contributed by atoms with Gasteiger partial charge >= 0.3 is 11.9 Å². The summed E-state index contributed by atoms with van der Waals surface area (Å²) in [7, 11) is 1.71. The smallest absolute Gasteiger partial charge is 0.397 e. The monoisotopic (exact) mass is 197 g/mol. The Kier molecular flexibility index (Phi) is 3.22. The Hall–Kier alpha value is -1.85. The summed E-state index contributed by atoms with van der Waals surface area (Å²) in [5.74, 6) is -1.68. The first-order chi connectivity index (χ1) is 6.63. The van der Waals surface area contributed by atoms with E-state index in [9.17, 15) is 9.59 Å². The zero-order chi connectivity index (χ0) is 10.6. The molecule has 1 rings (SSSR count). The summed E-state index contributed by atoms with van der Waals surface area (Å²) in [6, 6.07) is 0. The molecular weight excluding hydrogens is 186 g/mol. The molecule has 0 aliphatic rings. The second-order valence-corrected chi connectivity index (χ2v) is 2.58. The lowest BCUT2D eigenvalue weighted by molar-refractivity contribution is -0.152. The minimum atomic E-state index is -0.892. The number of carbonyl (C=O) groups is 2. The number of amides is 1. The van der Waals surface area contributed by atoms with Crippen molar-refractivity contribution < 1.29 is 14.3 Å². The quantitative estimate of drug-likeness (QED) is 0.531. The highest BCUT2D eigenvalue weighted by Crippen LogP contribution is 2.02. The van der Waals surface area contributed by atoms with Gasteiger partial charge in [-0.05, 0) is 6.92 Å². The molecule has 0 spiro atoms. The number of aryl methyl sites for hydroxylation is 1. The lowest BCUT2D eigenvalue weighted by Crippen LogP contribution is -2.24. The predicted molar refractivity (Wildman–Crippen MR) is 48.5 cm³/mol. The Labute approximate surface area is 80.8 Å². The summed E-state index contributed by atoms with van der Waals surface area (Å²) in [6.45, 7) is 1.81. The van der Waals surface area contributed by atoms with Gasteiger partial charge in [-0.3, -0.25) is 9.48 Å². The van der Waals surface area contributed by atoms with Gasteiger partial charge in [-0.15, -0.1) is 0 Å². The van der Waals surface area contributed by atoms with Gasteiger partial charge in [0, 0.05) is 13.2 Å². The van der Waals surface area contributed by atoms with Gasteiger partial charge in [0.05, 0.1) is 18.5 Å². The van der Waals surface area contributed by atoms with Crippen LogP contribution in [0.4, 0.5) is 5.69 Å². The van der Waals surface area contributed by atoms with Gasteiger partial charge in [0.25, 0.3) is 0 Å². The highest BCUT2D eigenvalue weighted by Gasteiger charge is 2.14. The third kappa shape index (κ3) is 2.58. The van der Waals surface area contributed by atoms with E-state index in [1.165, 1.54) is 10.9 Å². The SMILES string of the molecule is CCOC(=O)C(=O)Nc1cnn(C)c1. The maximum atomic E-state index is 11.1. The molecule has 1 aromatic rings. The number of hydrogen-bond acceptors (Lipinski definition) is 4. The van der Waals surface area contributed by atoms with Crippen LogP contribution >= 0.6 is 0 Å². The minimum absolute atomic E-state index is 0.180. The first-order valence-electron chi connectivity index (χ1n) is 4.10. The maximum absolute atomic E-state index is 11.1. The number of aromatic nitrogens is 2. The molecule has 0 saturated carbocycles. The first kappa shape index (κ1) is 10.2. The number of carbonyl (C=O) groups excluding carboxylic acids is 2. The third-order valence-corrected chi connectivity index (χ3v) is 1.42. The zero-order valence-electron chi connectivity index (χ0n) is 7.98. The summed E-state index contributed by atoms with van der Waals surface area (Å²) >= 11 is 0. The van der Waals surface area contributed by atoms with Gasteiger partial charge in [-0.25, -0.2) is 4.79 Å². The number of nitrogens with one attached hydrogen (secondary N) is 1. The van der Waals surface area contributed by atoms with Crippen molar-refractivity contribution in [1.29, 1.82) is 0 Å². The van der Waals surface area contributed by atoms with Crippen LogP contribution in [-0.2, 0) is 21.4 Å². The third-order valence-electron chi connectivity index (χ3n) is 1.42. The first-order valence-corrected chi connectivity index (χ1v) is 4.10. The van der Waals surface area contributed by atoms with Gasteiger partial charge in [-0.1, -0.05) is 0 Å². The highest BCUT2D eigenvalue weighted by atomic mass is 16.5. The number of anilines is 1. The number of ether oxygens (including phenoxy) is 1. The Balaban J connectivity index is 2.53. The van der Waals surface area contributed by atoms with Crippen LogP contribution in [0, 0.1) is 0 Å². The Morgan fingerprint density at radius 2 is 2.36 bits per heavy atom. The van der Waals surface area contributed by atoms with Crippen molar-refractivity contribution in [3.8, 4) is 0 Å². The van der Waals surface area contributed by atoms with Gasteiger partial charge in [0.15, 0.2) is 0 Å². The average Bonchev–Trinajstić information content (AvgIpc) is 2.51.